The van der Waals surface area contributed by atoms with Crippen molar-refractivity contribution in [3.8, 4) is 0 Å². The first-order chi connectivity index (χ1) is 10.5. The molecule has 1 N–H and O–H groups in total. The maximum absolute atomic E-state index is 12.2. The molecule has 0 aliphatic heterocycles. The van der Waals surface area contributed by atoms with Crippen molar-refractivity contribution < 1.29 is 24.2 Å². The number of hydrogen-bond donors (Lipinski definition) is 1. The van der Waals surface area contributed by atoms with Gasteiger partial charge in [0.2, 0.25) is 0 Å². The lowest BCUT2D eigenvalue weighted by atomic mass is 9.65. The molecule has 2 rings (SSSR count). The normalized spacial score (nSPS) is 31.4. The monoisotopic (exact) mass is 306 g/mol. The molecule has 1 aliphatic rings. The molecule has 1 aromatic rings. The van der Waals surface area contributed by atoms with E-state index in [1.54, 1.807) is 0 Å². The van der Waals surface area contributed by atoms with E-state index in [1.165, 1.54) is 14.2 Å². The average Bonchev–Trinajstić information content (AvgIpc) is 2.54. The Morgan fingerprint density at radius 3 is 2.14 bits per heavy atom. The van der Waals surface area contributed by atoms with Gasteiger partial charge in [0.05, 0.1) is 32.2 Å². The molecule has 1 saturated carbocycles. The Morgan fingerprint density at radius 2 is 1.59 bits per heavy atom. The maximum Gasteiger partial charge on any atom is 0.311 e. The fraction of sp³-hybridized carbons (Fsp3) is 0.529. The predicted molar refractivity (Wildman–Crippen MR) is 80.0 cm³/mol. The van der Waals surface area contributed by atoms with E-state index in [2.05, 4.69) is 0 Å². The zero-order valence-electron chi connectivity index (χ0n) is 13.1. The second-order valence-corrected chi connectivity index (χ2v) is 5.82. The van der Waals surface area contributed by atoms with Crippen molar-refractivity contribution in [2.45, 2.75) is 25.4 Å². The Hall–Kier alpha value is -1.88. The molecule has 0 bridgehead atoms. The number of carbonyl (C=O) groups is 2. The molecule has 120 valence electrons. The smallest absolute Gasteiger partial charge is 0.311 e. The number of esters is 2. The van der Waals surface area contributed by atoms with Crippen LogP contribution in [-0.4, -0.2) is 37.4 Å². The molecule has 0 saturated heterocycles. The van der Waals surface area contributed by atoms with Gasteiger partial charge in [-0.2, -0.15) is 0 Å². The fourth-order valence-electron chi connectivity index (χ4n) is 3.48. The minimum atomic E-state index is -1.12. The maximum atomic E-state index is 12.2. The van der Waals surface area contributed by atoms with Gasteiger partial charge in [0.1, 0.15) is 0 Å². The van der Waals surface area contributed by atoms with Gasteiger partial charge >= 0.3 is 11.9 Å². The van der Waals surface area contributed by atoms with Crippen molar-refractivity contribution in [1.29, 1.82) is 0 Å². The van der Waals surface area contributed by atoms with Crippen LogP contribution in [0.3, 0.4) is 0 Å². The zero-order chi connectivity index (χ0) is 16.3. The van der Waals surface area contributed by atoms with Crippen molar-refractivity contribution in [3.05, 3.63) is 35.9 Å². The van der Waals surface area contributed by atoms with Crippen molar-refractivity contribution in [3.63, 3.8) is 0 Å². The molecular formula is C17H22O5. The van der Waals surface area contributed by atoms with Crippen molar-refractivity contribution in [2.24, 2.45) is 17.8 Å². The lowest BCUT2D eigenvalue weighted by molar-refractivity contribution is -0.166. The first-order valence-corrected chi connectivity index (χ1v) is 7.40. The predicted octanol–water partition coefficient (Wildman–Crippen LogP) is 1.75. The summed E-state index contributed by atoms with van der Waals surface area (Å²) >= 11 is 0. The number of ether oxygens (including phenoxy) is 2. The minimum absolute atomic E-state index is 0.0893. The third-order valence-electron chi connectivity index (χ3n) is 4.58. The van der Waals surface area contributed by atoms with Gasteiger partial charge in [0.25, 0.3) is 0 Å². The average molecular weight is 306 g/mol. The molecule has 22 heavy (non-hydrogen) atoms. The molecule has 0 aromatic heterocycles. The van der Waals surface area contributed by atoms with Gasteiger partial charge in [0.15, 0.2) is 0 Å². The second-order valence-electron chi connectivity index (χ2n) is 5.82. The molecule has 1 aliphatic carbocycles. The Labute approximate surface area is 130 Å². The lowest BCUT2D eigenvalue weighted by Crippen LogP contribution is -2.49. The highest BCUT2D eigenvalue weighted by molar-refractivity contribution is 5.79. The zero-order valence-corrected chi connectivity index (χ0v) is 13.1. The molecule has 0 radical (unpaired) electrons. The van der Waals surface area contributed by atoms with E-state index in [9.17, 15) is 14.7 Å². The summed E-state index contributed by atoms with van der Waals surface area (Å²) in [7, 11) is 2.58. The lowest BCUT2D eigenvalue weighted by Gasteiger charge is -2.41. The molecule has 0 unspecified atom stereocenters. The molecule has 5 heteroatoms. The fourth-order valence-corrected chi connectivity index (χ4v) is 3.48. The summed E-state index contributed by atoms with van der Waals surface area (Å²) in [6, 6.07) is 9.55. The minimum Gasteiger partial charge on any atom is -0.469 e. The van der Waals surface area contributed by atoms with E-state index >= 15 is 0 Å². The second kappa shape index (κ2) is 6.92. The highest BCUT2D eigenvalue weighted by Crippen LogP contribution is 2.44. The topological polar surface area (TPSA) is 72.8 Å². The number of rotatable bonds is 3. The van der Waals surface area contributed by atoms with Crippen LogP contribution in [0.15, 0.2) is 30.3 Å². The van der Waals surface area contributed by atoms with Crippen LogP contribution in [0.25, 0.3) is 0 Å². The summed E-state index contributed by atoms with van der Waals surface area (Å²) in [5, 5.41) is 10.6. The first kappa shape index (κ1) is 16.5. The summed E-state index contributed by atoms with van der Waals surface area (Å²) in [6.07, 6.45) is -0.505. The molecular weight excluding hydrogens is 284 g/mol. The van der Waals surface area contributed by atoms with Crippen LogP contribution in [0.4, 0.5) is 0 Å². The Kier molecular flexibility index (Phi) is 5.19. The standard InChI is InChI=1S/C17H22O5/c1-10-9-12(11-7-5-4-6-8-11)14(17(20)22-3)15(18)13(10)16(19)21-2/h4-8,10,12-15,18H,9H2,1-3H3/t10-,12+,13+,14-,15+/m1/s1. The highest BCUT2D eigenvalue weighted by Gasteiger charge is 2.50. The molecule has 0 heterocycles. The number of aliphatic hydroxyl groups excluding tert-OH is 1. The van der Waals surface area contributed by atoms with E-state index in [0.717, 1.165) is 5.56 Å². The number of methoxy groups -OCH3 is 2. The largest absolute Gasteiger partial charge is 0.469 e. The Morgan fingerprint density at radius 1 is 1.05 bits per heavy atom. The van der Waals surface area contributed by atoms with Crippen molar-refractivity contribution in [2.75, 3.05) is 14.2 Å². The van der Waals surface area contributed by atoms with E-state index in [0.29, 0.717) is 6.42 Å². The van der Waals surface area contributed by atoms with Crippen LogP contribution in [0.2, 0.25) is 0 Å². The summed E-state index contributed by atoms with van der Waals surface area (Å²) in [5.41, 5.74) is 0.965. The van der Waals surface area contributed by atoms with E-state index in [1.807, 2.05) is 37.3 Å². The highest BCUT2D eigenvalue weighted by atomic mass is 16.5. The van der Waals surface area contributed by atoms with Gasteiger partial charge < -0.3 is 14.6 Å². The number of aliphatic hydroxyl groups is 1. The third kappa shape index (κ3) is 2.99. The summed E-state index contributed by atoms with van der Waals surface area (Å²) in [6.45, 7) is 1.90. The van der Waals surface area contributed by atoms with Crippen LogP contribution in [0, 0.1) is 17.8 Å². The SMILES string of the molecule is COC(=O)[C@@H]1[C@H](O)[C@H](C(=O)OC)[C@H](c2ccccc2)C[C@H]1C. The van der Waals surface area contributed by atoms with E-state index < -0.39 is 29.9 Å². The third-order valence-corrected chi connectivity index (χ3v) is 4.58. The summed E-state index contributed by atoms with van der Waals surface area (Å²) < 4.78 is 9.64. The molecule has 0 spiro atoms. The first-order valence-electron chi connectivity index (χ1n) is 7.40. The number of carbonyl (C=O) groups excluding carboxylic acids is 2. The number of benzene rings is 1. The summed E-state index contributed by atoms with van der Waals surface area (Å²) in [4.78, 5) is 24.1. The molecule has 5 atom stereocenters. The van der Waals surface area contributed by atoms with Gasteiger partial charge in [-0.3, -0.25) is 9.59 Å². The van der Waals surface area contributed by atoms with Crippen LogP contribution < -0.4 is 0 Å². The van der Waals surface area contributed by atoms with Crippen molar-refractivity contribution in [1.82, 2.24) is 0 Å². The van der Waals surface area contributed by atoms with Gasteiger partial charge in [0, 0.05) is 0 Å². The van der Waals surface area contributed by atoms with E-state index in [-0.39, 0.29) is 11.8 Å². The van der Waals surface area contributed by atoms with Crippen LogP contribution >= 0.6 is 0 Å². The molecule has 0 amide bonds. The van der Waals surface area contributed by atoms with Crippen LogP contribution in [-0.2, 0) is 19.1 Å². The van der Waals surface area contributed by atoms with Crippen molar-refractivity contribution >= 4 is 11.9 Å². The molecule has 1 fully saturated rings. The number of hydrogen-bond acceptors (Lipinski definition) is 5. The quantitative estimate of drug-likeness (QED) is 0.861. The Bertz CT molecular complexity index is 527. The van der Waals surface area contributed by atoms with Gasteiger partial charge in [-0.1, -0.05) is 37.3 Å². The van der Waals surface area contributed by atoms with Gasteiger partial charge in [-0.05, 0) is 23.8 Å². The summed E-state index contributed by atoms with van der Waals surface area (Å²) in [5.74, 6) is -2.74. The van der Waals surface area contributed by atoms with E-state index in [4.69, 9.17) is 9.47 Å². The molecule has 1 aromatic carbocycles. The van der Waals surface area contributed by atoms with Crippen LogP contribution in [0.1, 0.15) is 24.8 Å². The van der Waals surface area contributed by atoms with Crippen LogP contribution in [0.5, 0.6) is 0 Å². The van der Waals surface area contributed by atoms with Gasteiger partial charge in [-0.25, -0.2) is 0 Å². The molecule has 5 nitrogen and oxygen atoms in total. The van der Waals surface area contributed by atoms with Gasteiger partial charge in [-0.15, -0.1) is 0 Å². The Balaban J connectivity index is 2.39.